The van der Waals surface area contributed by atoms with E-state index in [2.05, 4.69) is 18.9 Å². The minimum atomic E-state index is -0.426. The van der Waals surface area contributed by atoms with Crippen molar-refractivity contribution < 1.29 is 31.4 Å². The highest BCUT2D eigenvalue weighted by atomic mass is 35.5. The van der Waals surface area contributed by atoms with E-state index in [0.29, 0.717) is 24.4 Å². The Morgan fingerprint density at radius 2 is 1.87 bits per heavy atom. The molecule has 0 unspecified atom stereocenters. The fraction of sp³-hybridized carbons (Fsp3) is 0.381. The predicted molar refractivity (Wildman–Crippen MR) is 109 cm³/mol. The van der Waals surface area contributed by atoms with E-state index in [1.165, 1.54) is 29.2 Å². The molecule has 7 nitrogen and oxygen atoms in total. The Hall–Kier alpha value is -2.71. The Kier molecular flexibility index (Phi) is 8.56. The lowest BCUT2D eigenvalue weighted by atomic mass is 10.2. The van der Waals surface area contributed by atoms with Gasteiger partial charge in [-0.25, -0.2) is 4.39 Å². The lowest BCUT2D eigenvalue weighted by Gasteiger charge is -2.14. The molecule has 3 rings (SSSR count). The molecular weight excluding hydrogens is 411 g/mol. The van der Waals surface area contributed by atoms with Crippen molar-refractivity contribution >= 4 is 16.6 Å². The van der Waals surface area contributed by atoms with Crippen LogP contribution in [0, 0.1) is 15.9 Å². The highest BCUT2D eigenvalue weighted by Gasteiger charge is 2.17. The first-order valence-electron chi connectivity index (χ1n) is 9.87. The summed E-state index contributed by atoms with van der Waals surface area (Å²) in [6.07, 6.45) is 0.873. The summed E-state index contributed by atoms with van der Waals surface area (Å²) in [6, 6.07) is 10.8. The number of nitro benzene ring substituents is 1. The molecule has 1 N–H and O–H groups in total. The third kappa shape index (κ3) is 5.67. The zero-order valence-corrected chi connectivity index (χ0v) is 17.9. The zero-order chi connectivity index (χ0) is 20.8. The average Bonchev–Trinajstić information content (AvgIpc) is 3.06. The molecule has 0 aliphatic carbocycles. The molecule has 1 heterocycles. The minimum absolute atomic E-state index is 0. The van der Waals surface area contributed by atoms with Gasteiger partial charge in [0, 0.05) is 18.6 Å². The Morgan fingerprint density at radius 3 is 2.50 bits per heavy atom. The summed E-state index contributed by atoms with van der Waals surface area (Å²) in [5.41, 5.74) is 1.62. The van der Waals surface area contributed by atoms with Gasteiger partial charge < -0.3 is 22.0 Å². The van der Waals surface area contributed by atoms with Crippen molar-refractivity contribution in [3.63, 3.8) is 0 Å². The lowest BCUT2D eigenvalue weighted by Crippen LogP contribution is -3.11. The smallest absolute Gasteiger partial charge is 0.270 e. The predicted octanol–water partition coefficient (Wildman–Crippen LogP) is -0.170. The van der Waals surface area contributed by atoms with Gasteiger partial charge in [0.05, 0.1) is 48.6 Å². The molecule has 0 saturated heterocycles. The van der Waals surface area contributed by atoms with Gasteiger partial charge >= 0.3 is 0 Å². The molecule has 9 heteroatoms. The van der Waals surface area contributed by atoms with E-state index < -0.39 is 4.92 Å². The Labute approximate surface area is 181 Å². The number of ether oxygens (including phenoxy) is 1. The van der Waals surface area contributed by atoms with Crippen LogP contribution >= 0.6 is 0 Å². The van der Waals surface area contributed by atoms with Crippen LogP contribution in [0.5, 0.6) is 5.88 Å². The van der Waals surface area contributed by atoms with Crippen molar-refractivity contribution in [3.8, 4) is 5.88 Å². The molecule has 1 aromatic heterocycles. The third-order valence-corrected chi connectivity index (χ3v) is 5.07. The van der Waals surface area contributed by atoms with Crippen LogP contribution in [0.25, 0.3) is 10.9 Å². The normalized spacial score (nSPS) is 10.9. The van der Waals surface area contributed by atoms with Crippen LogP contribution in [0.4, 0.5) is 10.1 Å². The number of quaternary nitrogens is 1. The Balaban J connectivity index is 0.00000320. The maximum atomic E-state index is 13.2. The second-order valence-electron chi connectivity index (χ2n) is 6.96. The van der Waals surface area contributed by atoms with Gasteiger partial charge in [-0.15, -0.1) is 5.10 Å². The highest BCUT2D eigenvalue weighted by Crippen LogP contribution is 2.29. The largest absolute Gasteiger partial charge is 1.00 e. The van der Waals surface area contributed by atoms with E-state index in [-0.39, 0.29) is 23.9 Å². The number of non-ortho nitro benzene ring substituents is 1. The molecule has 0 fully saturated rings. The van der Waals surface area contributed by atoms with Gasteiger partial charge in [-0.05, 0) is 37.6 Å². The number of hydrogen-bond donors (Lipinski definition) is 1. The number of nitro groups is 1. The second-order valence-corrected chi connectivity index (χ2v) is 6.96. The molecular formula is C21H26ClFN4O3. The van der Waals surface area contributed by atoms with Gasteiger partial charge in [0.15, 0.2) is 0 Å². The Bertz CT molecular complexity index is 974. The van der Waals surface area contributed by atoms with Gasteiger partial charge in [0.2, 0.25) is 5.88 Å². The number of rotatable bonds is 10. The topological polar surface area (TPSA) is 74.6 Å². The van der Waals surface area contributed by atoms with E-state index in [4.69, 9.17) is 4.74 Å². The molecule has 0 amide bonds. The van der Waals surface area contributed by atoms with Crippen molar-refractivity contribution in [1.29, 1.82) is 0 Å². The van der Waals surface area contributed by atoms with Gasteiger partial charge in [-0.1, -0.05) is 12.1 Å². The number of halogens is 2. The number of aromatic nitrogens is 2. The maximum Gasteiger partial charge on any atom is 0.270 e. The molecule has 2 aromatic carbocycles. The fourth-order valence-corrected chi connectivity index (χ4v) is 3.34. The molecule has 0 bridgehead atoms. The van der Waals surface area contributed by atoms with Crippen LogP contribution < -0.4 is 22.0 Å². The van der Waals surface area contributed by atoms with Crippen molar-refractivity contribution in [2.75, 3.05) is 26.2 Å². The summed E-state index contributed by atoms with van der Waals surface area (Å²) in [5, 5.41) is 16.3. The summed E-state index contributed by atoms with van der Waals surface area (Å²) in [7, 11) is 0. The zero-order valence-electron chi connectivity index (χ0n) is 17.1. The lowest BCUT2D eigenvalue weighted by molar-refractivity contribution is -0.896. The van der Waals surface area contributed by atoms with Crippen LogP contribution in [-0.2, 0) is 6.54 Å². The number of nitrogens with zero attached hydrogens (tertiary/aromatic N) is 3. The fourth-order valence-electron chi connectivity index (χ4n) is 3.34. The van der Waals surface area contributed by atoms with Crippen LogP contribution in [0.3, 0.4) is 0 Å². The monoisotopic (exact) mass is 436 g/mol. The molecule has 0 atom stereocenters. The average molecular weight is 437 g/mol. The maximum absolute atomic E-state index is 13.2. The number of hydrogen-bond acceptors (Lipinski definition) is 4. The quantitative estimate of drug-likeness (QED) is 0.272. The van der Waals surface area contributed by atoms with E-state index in [1.54, 1.807) is 22.9 Å². The highest BCUT2D eigenvalue weighted by molar-refractivity contribution is 5.86. The SMILES string of the molecule is CC[NH+](CC)CCCOc1nn(Cc2ccc(F)cc2)c2ccc([N+](=O)[O-])cc12.[Cl-]. The van der Waals surface area contributed by atoms with Crippen LogP contribution in [0.2, 0.25) is 0 Å². The van der Waals surface area contributed by atoms with Gasteiger partial charge in [-0.3, -0.25) is 14.8 Å². The molecule has 0 aliphatic heterocycles. The summed E-state index contributed by atoms with van der Waals surface area (Å²) in [4.78, 5) is 12.3. The molecule has 30 heavy (non-hydrogen) atoms. The van der Waals surface area contributed by atoms with Gasteiger partial charge in [0.25, 0.3) is 5.69 Å². The first-order valence-corrected chi connectivity index (χ1v) is 9.87. The van der Waals surface area contributed by atoms with Crippen molar-refractivity contribution in [1.82, 2.24) is 9.78 Å². The number of benzene rings is 2. The van der Waals surface area contributed by atoms with Crippen molar-refractivity contribution in [2.45, 2.75) is 26.8 Å². The van der Waals surface area contributed by atoms with Gasteiger partial charge in [0.1, 0.15) is 5.82 Å². The molecule has 0 spiro atoms. The second kappa shape index (κ2) is 10.9. The van der Waals surface area contributed by atoms with Crippen LogP contribution in [0.1, 0.15) is 25.8 Å². The molecule has 162 valence electrons. The molecule has 0 aliphatic rings. The van der Waals surface area contributed by atoms with Crippen molar-refractivity contribution in [3.05, 3.63) is 64.0 Å². The number of fused-ring (bicyclic) bond motifs is 1. The molecule has 3 aromatic rings. The molecule has 0 saturated carbocycles. The third-order valence-electron chi connectivity index (χ3n) is 5.07. The van der Waals surface area contributed by atoms with E-state index in [9.17, 15) is 14.5 Å². The van der Waals surface area contributed by atoms with Crippen molar-refractivity contribution in [2.24, 2.45) is 0 Å². The summed E-state index contributed by atoms with van der Waals surface area (Å²) >= 11 is 0. The number of nitrogens with one attached hydrogen (secondary N) is 1. The van der Waals surface area contributed by atoms with E-state index >= 15 is 0 Å². The summed E-state index contributed by atoms with van der Waals surface area (Å²) in [6.45, 7) is 8.36. The van der Waals surface area contributed by atoms with E-state index in [1.807, 2.05) is 0 Å². The summed E-state index contributed by atoms with van der Waals surface area (Å²) < 4.78 is 20.8. The standard InChI is InChI=1S/C21H25FN4O3.ClH/c1-3-24(4-2)12-5-13-29-21-19-14-18(26(27)28)10-11-20(19)25(23-21)15-16-6-8-17(22)9-7-16;/h6-11,14H,3-5,12-13,15H2,1-2H3;1H. The first kappa shape index (κ1) is 23.6. The Morgan fingerprint density at radius 1 is 1.17 bits per heavy atom. The van der Waals surface area contributed by atoms with Gasteiger partial charge in [-0.2, -0.15) is 0 Å². The minimum Gasteiger partial charge on any atom is -1.00 e. The van der Waals surface area contributed by atoms with E-state index in [0.717, 1.165) is 37.1 Å². The van der Waals surface area contributed by atoms with Crippen LogP contribution in [0.15, 0.2) is 42.5 Å². The first-order chi connectivity index (χ1) is 14.0. The van der Waals surface area contributed by atoms with Crippen LogP contribution in [-0.4, -0.2) is 40.9 Å². The molecule has 0 radical (unpaired) electrons. The summed E-state index contributed by atoms with van der Waals surface area (Å²) in [5.74, 6) is 0.0920.